The van der Waals surface area contributed by atoms with Crippen LogP contribution in [0, 0.1) is 0 Å². The van der Waals surface area contributed by atoms with Crippen molar-refractivity contribution in [3.8, 4) is 0 Å². The molecule has 1 heterocycles. The number of rotatable bonds is 1. The molecule has 0 bridgehead atoms. The molecule has 3 nitrogen and oxygen atoms in total. The van der Waals surface area contributed by atoms with Crippen molar-refractivity contribution in [1.82, 2.24) is 4.57 Å². The molecule has 0 aromatic carbocycles. The van der Waals surface area contributed by atoms with Gasteiger partial charge in [-0.15, -0.1) is 0 Å². The molecule has 3 heteroatoms. The number of hydrogen-bond acceptors (Lipinski definition) is 2. The highest BCUT2D eigenvalue weighted by molar-refractivity contribution is 5.22. The Morgan fingerprint density at radius 2 is 2.06 bits per heavy atom. The van der Waals surface area contributed by atoms with E-state index in [0.717, 1.165) is 17.9 Å². The Bertz CT molecular complexity index is 449. The minimum atomic E-state index is 0.160. The van der Waals surface area contributed by atoms with Gasteiger partial charge in [-0.3, -0.25) is 4.57 Å². The molecule has 1 aromatic heterocycles. The summed E-state index contributed by atoms with van der Waals surface area (Å²) in [5.74, 6) is 1.15. The van der Waals surface area contributed by atoms with Crippen LogP contribution in [0.25, 0.3) is 0 Å². The fourth-order valence-corrected chi connectivity index (χ4v) is 2.68. The maximum atomic E-state index is 5.96. The fraction of sp³-hybridized carbons (Fsp3) is 0.769. The third-order valence-electron chi connectivity index (χ3n) is 3.49. The Kier molecular flexibility index (Phi) is 2.72. The summed E-state index contributed by atoms with van der Waals surface area (Å²) in [6, 6.07) is 0.417. The lowest BCUT2D eigenvalue weighted by Crippen LogP contribution is -2.25. The first kappa shape index (κ1) is 11.5. The van der Waals surface area contributed by atoms with Gasteiger partial charge in [-0.1, -0.05) is 13.8 Å². The fourth-order valence-electron chi connectivity index (χ4n) is 2.68. The molecule has 0 spiro atoms. The molecule has 0 aliphatic heterocycles. The Hall–Kier alpha value is -0.990. The lowest BCUT2D eigenvalue weighted by molar-refractivity contribution is 0.320. The number of aromatic nitrogens is 1. The molecule has 1 aromatic rings. The van der Waals surface area contributed by atoms with E-state index in [4.69, 9.17) is 4.42 Å². The first-order valence-corrected chi connectivity index (χ1v) is 6.15. The first-order chi connectivity index (χ1) is 7.47. The van der Waals surface area contributed by atoms with Gasteiger partial charge in [-0.2, -0.15) is 0 Å². The second-order valence-electron chi connectivity index (χ2n) is 5.59. The van der Waals surface area contributed by atoms with Gasteiger partial charge in [-0.25, -0.2) is 4.99 Å². The van der Waals surface area contributed by atoms with Crippen LogP contribution in [0.4, 0.5) is 0 Å². The molecular weight excluding hydrogens is 200 g/mol. The highest BCUT2D eigenvalue weighted by Crippen LogP contribution is 2.36. The number of oxazole rings is 1. The standard InChI is InChI=1S/C13H22N2O/c1-9(2)15-10-7-6-8-13(3,4)11(10)16-12(15)14-5/h9H,6-8H2,1-5H3/b14-12+. The zero-order valence-electron chi connectivity index (χ0n) is 11.0. The molecule has 0 saturated heterocycles. The van der Waals surface area contributed by atoms with Crippen molar-refractivity contribution in [2.45, 2.75) is 58.4 Å². The van der Waals surface area contributed by atoms with Gasteiger partial charge in [0.05, 0.1) is 5.69 Å². The number of nitrogens with zero attached hydrogens (tertiary/aromatic N) is 2. The van der Waals surface area contributed by atoms with Crippen molar-refractivity contribution in [3.05, 3.63) is 17.1 Å². The van der Waals surface area contributed by atoms with E-state index in [1.165, 1.54) is 18.5 Å². The molecule has 0 saturated carbocycles. The normalized spacial score (nSPS) is 20.2. The molecule has 0 atom stereocenters. The molecule has 2 rings (SSSR count). The molecule has 90 valence electrons. The minimum absolute atomic E-state index is 0.160. The molecule has 16 heavy (non-hydrogen) atoms. The maximum absolute atomic E-state index is 5.96. The van der Waals surface area contributed by atoms with Crippen LogP contribution in [0.1, 0.15) is 58.0 Å². The van der Waals surface area contributed by atoms with Crippen LogP contribution in [0.3, 0.4) is 0 Å². The number of fused-ring (bicyclic) bond motifs is 1. The smallest absolute Gasteiger partial charge is 0.297 e. The van der Waals surface area contributed by atoms with Crippen molar-refractivity contribution in [2.24, 2.45) is 4.99 Å². The lowest BCUT2D eigenvalue weighted by Gasteiger charge is -2.28. The van der Waals surface area contributed by atoms with Gasteiger partial charge in [-0.05, 0) is 33.1 Å². The molecule has 0 amide bonds. The predicted molar refractivity (Wildman–Crippen MR) is 64.5 cm³/mol. The van der Waals surface area contributed by atoms with Crippen LogP contribution in [-0.4, -0.2) is 11.6 Å². The van der Waals surface area contributed by atoms with E-state index in [-0.39, 0.29) is 5.41 Å². The summed E-state index contributed by atoms with van der Waals surface area (Å²) in [7, 11) is 1.80. The molecule has 0 N–H and O–H groups in total. The summed E-state index contributed by atoms with van der Waals surface area (Å²) < 4.78 is 8.21. The third kappa shape index (κ3) is 1.62. The van der Waals surface area contributed by atoms with E-state index in [0.29, 0.717) is 6.04 Å². The molecule has 0 unspecified atom stereocenters. The van der Waals surface area contributed by atoms with Gasteiger partial charge in [0, 0.05) is 18.5 Å². The Morgan fingerprint density at radius 3 is 2.62 bits per heavy atom. The zero-order chi connectivity index (χ0) is 11.9. The summed E-state index contributed by atoms with van der Waals surface area (Å²) in [5.41, 5.74) is 2.29. The van der Waals surface area contributed by atoms with E-state index in [1.807, 2.05) is 0 Å². The van der Waals surface area contributed by atoms with E-state index in [9.17, 15) is 0 Å². The second-order valence-corrected chi connectivity index (χ2v) is 5.59. The van der Waals surface area contributed by atoms with Crippen LogP contribution >= 0.6 is 0 Å². The Balaban J connectivity index is 2.69. The van der Waals surface area contributed by atoms with Crippen molar-refractivity contribution in [2.75, 3.05) is 7.05 Å². The summed E-state index contributed by atoms with van der Waals surface area (Å²) in [6.45, 7) is 8.90. The van der Waals surface area contributed by atoms with Crippen LogP contribution in [0.5, 0.6) is 0 Å². The quantitative estimate of drug-likeness (QED) is 0.718. The topological polar surface area (TPSA) is 30.4 Å². The van der Waals surface area contributed by atoms with Crippen LogP contribution in [0.2, 0.25) is 0 Å². The molecular formula is C13H22N2O. The van der Waals surface area contributed by atoms with Crippen LogP contribution in [0.15, 0.2) is 9.41 Å². The van der Waals surface area contributed by atoms with Gasteiger partial charge in [0.15, 0.2) is 0 Å². The maximum Gasteiger partial charge on any atom is 0.297 e. The average Bonchev–Trinajstić information content (AvgIpc) is 2.57. The summed E-state index contributed by atoms with van der Waals surface area (Å²) >= 11 is 0. The summed E-state index contributed by atoms with van der Waals surface area (Å²) in [5, 5.41) is 0. The minimum Gasteiger partial charge on any atom is -0.428 e. The molecule has 0 radical (unpaired) electrons. The third-order valence-corrected chi connectivity index (χ3v) is 3.49. The van der Waals surface area contributed by atoms with E-state index >= 15 is 0 Å². The van der Waals surface area contributed by atoms with E-state index in [1.54, 1.807) is 7.05 Å². The highest BCUT2D eigenvalue weighted by atomic mass is 16.4. The largest absolute Gasteiger partial charge is 0.428 e. The Morgan fingerprint density at radius 1 is 1.38 bits per heavy atom. The van der Waals surface area contributed by atoms with Crippen molar-refractivity contribution in [1.29, 1.82) is 0 Å². The van der Waals surface area contributed by atoms with Gasteiger partial charge in [0.25, 0.3) is 5.68 Å². The van der Waals surface area contributed by atoms with Gasteiger partial charge < -0.3 is 4.42 Å². The van der Waals surface area contributed by atoms with Crippen molar-refractivity contribution < 1.29 is 4.42 Å². The van der Waals surface area contributed by atoms with Gasteiger partial charge >= 0.3 is 0 Å². The summed E-state index contributed by atoms with van der Waals surface area (Å²) in [6.07, 6.45) is 3.57. The monoisotopic (exact) mass is 222 g/mol. The molecule has 0 fully saturated rings. The van der Waals surface area contributed by atoms with E-state index in [2.05, 4.69) is 37.3 Å². The first-order valence-electron chi connectivity index (χ1n) is 6.15. The van der Waals surface area contributed by atoms with Crippen molar-refractivity contribution in [3.63, 3.8) is 0 Å². The lowest BCUT2D eigenvalue weighted by atomic mass is 9.79. The highest BCUT2D eigenvalue weighted by Gasteiger charge is 2.34. The SMILES string of the molecule is C/N=c1/oc2c(n1C(C)C)CCCC2(C)C. The average molecular weight is 222 g/mol. The second kappa shape index (κ2) is 3.79. The van der Waals surface area contributed by atoms with E-state index < -0.39 is 0 Å². The Labute approximate surface area is 97.2 Å². The molecule has 1 aliphatic rings. The van der Waals surface area contributed by atoms with Gasteiger partial charge in [0.2, 0.25) is 0 Å². The van der Waals surface area contributed by atoms with Crippen LogP contribution in [-0.2, 0) is 11.8 Å². The van der Waals surface area contributed by atoms with Crippen LogP contribution < -0.4 is 5.68 Å². The molecule has 1 aliphatic carbocycles. The van der Waals surface area contributed by atoms with Crippen molar-refractivity contribution >= 4 is 0 Å². The number of hydrogen-bond donors (Lipinski definition) is 0. The predicted octanol–water partition coefficient (Wildman–Crippen LogP) is 2.81. The van der Waals surface area contributed by atoms with Gasteiger partial charge in [0.1, 0.15) is 5.76 Å². The zero-order valence-corrected chi connectivity index (χ0v) is 11.0. The summed E-state index contributed by atoms with van der Waals surface area (Å²) in [4.78, 5) is 4.26.